The normalized spacial score (nSPS) is 14.5. The molecule has 1 N–H and O–H groups in total. The lowest BCUT2D eigenvalue weighted by Gasteiger charge is -2.36. The number of benzene rings is 3. The summed E-state index contributed by atoms with van der Waals surface area (Å²) in [6, 6.07) is 28.3. The Balaban J connectivity index is 1.36. The van der Waals surface area contributed by atoms with Gasteiger partial charge in [-0.25, -0.2) is 0 Å². The number of amides is 1. The molecule has 3 aromatic carbocycles. The largest absolute Gasteiger partial charge is 0.497 e. The number of nitrogens with zero attached hydrogens (tertiary/aromatic N) is 2. The van der Waals surface area contributed by atoms with Crippen molar-refractivity contribution in [3.8, 4) is 5.75 Å². The Morgan fingerprint density at radius 2 is 1.48 bits per heavy atom. The number of piperazine rings is 1. The Morgan fingerprint density at radius 3 is 2.06 bits per heavy atom. The summed E-state index contributed by atoms with van der Waals surface area (Å²) in [6.45, 7) is 3.89. The van der Waals surface area contributed by atoms with Crippen molar-refractivity contribution in [1.82, 2.24) is 10.2 Å². The molecule has 1 saturated heterocycles. The van der Waals surface area contributed by atoms with E-state index in [1.165, 1.54) is 0 Å². The van der Waals surface area contributed by atoms with Gasteiger partial charge in [-0.15, -0.1) is 0 Å². The van der Waals surface area contributed by atoms with Crippen LogP contribution in [0.1, 0.15) is 17.2 Å². The number of hydrogen-bond acceptors (Lipinski definition) is 4. The minimum Gasteiger partial charge on any atom is -0.497 e. The predicted molar refractivity (Wildman–Crippen MR) is 125 cm³/mol. The molecule has 1 heterocycles. The highest BCUT2D eigenvalue weighted by atomic mass is 16.5. The van der Waals surface area contributed by atoms with Gasteiger partial charge in [0, 0.05) is 37.9 Å². The van der Waals surface area contributed by atoms with Gasteiger partial charge >= 0.3 is 0 Å². The molecule has 4 rings (SSSR count). The first kappa shape index (κ1) is 20.9. The molecule has 5 heteroatoms. The SMILES string of the molecule is COc1cccc(N2CCN(CC(=O)NC(c3ccccc3)c3ccccc3)CC2)c1. The number of hydrogen-bond donors (Lipinski definition) is 1. The second-order valence-electron chi connectivity index (χ2n) is 7.79. The van der Waals surface area contributed by atoms with Crippen molar-refractivity contribution in [3.05, 3.63) is 96.1 Å². The first-order chi connectivity index (χ1) is 15.2. The van der Waals surface area contributed by atoms with E-state index in [0.29, 0.717) is 6.54 Å². The van der Waals surface area contributed by atoms with E-state index in [4.69, 9.17) is 4.74 Å². The molecule has 0 aromatic heterocycles. The van der Waals surface area contributed by atoms with E-state index in [0.717, 1.165) is 48.7 Å². The number of methoxy groups -OCH3 is 1. The lowest BCUT2D eigenvalue weighted by atomic mass is 9.99. The molecule has 0 atom stereocenters. The molecule has 0 unspecified atom stereocenters. The fourth-order valence-corrected chi connectivity index (χ4v) is 4.03. The van der Waals surface area contributed by atoms with Crippen molar-refractivity contribution in [3.63, 3.8) is 0 Å². The molecule has 1 fully saturated rings. The number of ether oxygens (including phenoxy) is 1. The number of nitrogens with one attached hydrogen (secondary N) is 1. The van der Waals surface area contributed by atoms with E-state index in [1.54, 1.807) is 7.11 Å². The van der Waals surface area contributed by atoms with Gasteiger partial charge in [0.25, 0.3) is 0 Å². The monoisotopic (exact) mass is 415 g/mol. The molecule has 3 aromatic rings. The molecule has 5 nitrogen and oxygen atoms in total. The van der Waals surface area contributed by atoms with Gasteiger partial charge in [0.1, 0.15) is 5.75 Å². The number of carbonyl (C=O) groups excluding carboxylic acids is 1. The summed E-state index contributed by atoms with van der Waals surface area (Å²) >= 11 is 0. The first-order valence-corrected chi connectivity index (χ1v) is 10.7. The number of anilines is 1. The van der Waals surface area contributed by atoms with Crippen LogP contribution in [-0.2, 0) is 4.79 Å². The van der Waals surface area contributed by atoms with E-state index >= 15 is 0 Å². The summed E-state index contributed by atoms with van der Waals surface area (Å²) in [5, 5.41) is 3.24. The zero-order valence-corrected chi connectivity index (χ0v) is 17.9. The molecular weight excluding hydrogens is 386 g/mol. The van der Waals surface area contributed by atoms with Gasteiger partial charge in [-0.1, -0.05) is 66.7 Å². The minimum atomic E-state index is -0.145. The Labute approximate surface area is 184 Å². The zero-order valence-electron chi connectivity index (χ0n) is 17.9. The minimum absolute atomic E-state index is 0.0486. The molecule has 160 valence electrons. The summed E-state index contributed by atoms with van der Waals surface area (Å²) in [6.07, 6.45) is 0. The van der Waals surface area contributed by atoms with Gasteiger partial charge < -0.3 is 15.0 Å². The molecule has 0 aliphatic carbocycles. The Hall–Kier alpha value is -3.31. The lowest BCUT2D eigenvalue weighted by molar-refractivity contribution is -0.122. The average molecular weight is 416 g/mol. The molecule has 1 aliphatic rings. The molecule has 0 radical (unpaired) electrons. The molecule has 1 amide bonds. The third kappa shape index (κ3) is 5.44. The van der Waals surface area contributed by atoms with Crippen molar-refractivity contribution in [2.24, 2.45) is 0 Å². The van der Waals surface area contributed by atoms with Gasteiger partial charge in [0.15, 0.2) is 0 Å². The number of carbonyl (C=O) groups is 1. The van der Waals surface area contributed by atoms with Crippen LogP contribution >= 0.6 is 0 Å². The summed E-state index contributed by atoms with van der Waals surface area (Å²) in [4.78, 5) is 17.5. The van der Waals surface area contributed by atoms with Gasteiger partial charge in [-0.2, -0.15) is 0 Å². The maximum atomic E-state index is 12.9. The Kier molecular flexibility index (Phi) is 6.85. The topological polar surface area (TPSA) is 44.8 Å². The van der Waals surface area contributed by atoms with Gasteiger partial charge in [-0.3, -0.25) is 9.69 Å². The van der Waals surface area contributed by atoms with E-state index in [2.05, 4.69) is 51.5 Å². The van der Waals surface area contributed by atoms with Crippen LogP contribution in [-0.4, -0.2) is 50.6 Å². The van der Waals surface area contributed by atoms with E-state index < -0.39 is 0 Å². The van der Waals surface area contributed by atoms with Crippen LogP contribution in [0, 0.1) is 0 Å². The third-order valence-electron chi connectivity index (χ3n) is 5.73. The van der Waals surface area contributed by atoms with Crippen molar-refractivity contribution in [1.29, 1.82) is 0 Å². The number of rotatable bonds is 7. The highest BCUT2D eigenvalue weighted by Gasteiger charge is 2.22. The maximum absolute atomic E-state index is 12.9. The zero-order chi connectivity index (χ0) is 21.5. The highest BCUT2D eigenvalue weighted by molar-refractivity contribution is 5.79. The second-order valence-corrected chi connectivity index (χ2v) is 7.79. The summed E-state index contributed by atoms with van der Waals surface area (Å²) < 4.78 is 5.34. The highest BCUT2D eigenvalue weighted by Crippen LogP contribution is 2.23. The summed E-state index contributed by atoms with van der Waals surface area (Å²) in [7, 11) is 1.69. The molecule has 0 spiro atoms. The Morgan fingerprint density at radius 1 is 0.871 bits per heavy atom. The van der Waals surface area contributed by atoms with Crippen LogP contribution in [0.5, 0.6) is 5.75 Å². The summed E-state index contributed by atoms with van der Waals surface area (Å²) in [5.74, 6) is 0.916. The first-order valence-electron chi connectivity index (χ1n) is 10.7. The lowest BCUT2D eigenvalue weighted by Crippen LogP contribution is -2.49. The van der Waals surface area contributed by atoms with Gasteiger partial charge in [0.05, 0.1) is 19.7 Å². The van der Waals surface area contributed by atoms with Crippen molar-refractivity contribution < 1.29 is 9.53 Å². The van der Waals surface area contributed by atoms with Crippen molar-refractivity contribution >= 4 is 11.6 Å². The van der Waals surface area contributed by atoms with Gasteiger partial charge in [-0.05, 0) is 23.3 Å². The maximum Gasteiger partial charge on any atom is 0.234 e. The van der Waals surface area contributed by atoms with Crippen LogP contribution in [0.3, 0.4) is 0 Å². The molecular formula is C26H29N3O2. The fraction of sp³-hybridized carbons (Fsp3) is 0.269. The quantitative estimate of drug-likeness (QED) is 0.639. The van der Waals surface area contributed by atoms with Crippen molar-refractivity contribution in [2.75, 3.05) is 44.7 Å². The van der Waals surface area contributed by atoms with Crippen LogP contribution in [0.25, 0.3) is 0 Å². The van der Waals surface area contributed by atoms with E-state index in [1.807, 2.05) is 48.5 Å². The van der Waals surface area contributed by atoms with E-state index in [-0.39, 0.29) is 11.9 Å². The van der Waals surface area contributed by atoms with Crippen LogP contribution < -0.4 is 15.0 Å². The van der Waals surface area contributed by atoms with Gasteiger partial charge in [0.2, 0.25) is 5.91 Å². The van der Waals surface area contributed by atoms with Crippen molar-refractivity contribution in [2.45, 2.75) is 6.04 Å². The smallest absolute Gasteiger partial charge is 0.234 e. The van der Waals surface area contributed by atoms with Crippen LogP contribution in [0.15, 0.2) is 84.9 Å². The standard InChI is InChI=1S/C26H29N3O2/c1-31-24-14-8-13-23(19-24)29-17-15-28(16-18-29)20-25(30)27-26(21-9-4-2-5-10-21)22-11-6-3-7-12-22/h2-14,19,26H,15-18,20H2,1H3,(H,27,30). The second kappa shape index (κ2) is 10.1. The van der Waals surface area contributed by atoms with Crippen LogP contribution in [0.4, 0.5) is 5.69 Å². The Bertz CT molecular complexity index is 931. The molecule has 0 bridgehead atoms. The molecule has 31 heavy (non-hydrogen) atoms. The third-order valence-corrected chi connectivity index (χ3v) is 5.73. The fourth-order valence-electron chi connectivity index (χ4n) is 4.03. The molecule has 0 saturated carbocycles. The summed E-state index contributed by atoms with van der Waals surface area (Å²) in [5.41, 5.74) is 3.34. The molecule has 1 aliphatic heterocycles. The average Bonchev–Trinajstić information content (AvgIpc) is 2.84. The van der Waals surface area contributed by atoms with E-state index in [9.17, 15) is 4.79 Å². The van der Waals surface area contributed by atoms with Crippen LogP contribution in [0.2, 0.25) is 0 Å². The predicted octanol–water partition coefficient (Wildman–Crippen LogP) is 3.72.